The van der Waals surface area contributed by atoms with Crippen molar-refractivity contribution in [3.63, 3.8) is 0 Å². The van der Waals surface area contributed by atoms with Gasteiger partial charge < -0.3 is 9.47 Å². The van der Waals surface area contributed by atoms with Gasteiger partial charge in [-0.15, -0.1) is 11.6 Å². The summed E-state index contributed by atoms with van der Waals surface area (Å²) in [6, 6.07) is 3.83. The van der Waals surface area contributed by atoms with Crippen LogP contribution in [-0.2, 0) is 5.88 Å². The fourth-order valence-electron chi connectivity index (χ4n) is 1.22. The second-order valence-corrected chi connectivity index (χ2v) is 3.03. The summed E-state index contributed by atoms with van der Waals surface area (Å²) in [4.78, 5) is 0. The second-order valence-electron chi connectivity index (χ2n) is 2.77. The van der Waals surface area contributed by atoms with E-state index in [4.69, 9.17) is 21.1 Å². The van der Waals surface area contributed by atoms with E-state index in [0.717, 1.165) is 22.6 Å². The van der Waals surface area contributed by atoms with Crippen LogP contribution in [0.5, 0.6) is 11.5 Å². The number of alkyl halides is 1. The Bertz CT molecular complexity index is 297. The van der Waals surface area contributed by atoms with Gasteiger partial charge >= 0.3 is 0 Å². The molecule has 3 heteroatoms. The van der Waals surface area contributed by atoms with Crippen molar-refractivity contribution in [1.82, 2.24) is 0 Å². The van der Waals surface area contributed by atoms with Crippen LogP contribution in [0.2, 0.25) is 0 Å². The molecule has 0 saturated carbocycles. The minimum atomic E-state index is 0.430. The van der Waals surface area contributed by atoms with Gasteiger partial charge in [0.1, 0.15) is 11.5 Å². The summed E-state index contributed by atoms with van der Waals surface area (Å²) in [5.74, 6) is 2.09. The maximum absolute atomic E-state index is 5.76. The first-order chi connectivity index (χ1) is 6.22. The third kappa shape index (κ3) is 2.07. The Morgan fingerprint density at radius 3 is 2.23 bits per heavy atom. The van der Waals surface area contributed by atoms with Gasteiger partial charge in [0.25, 0.3) is 0 Å². The lowest BCUT2D eigenvalue weighted by atomic mass is 10.1. The van der Waals surface area contributed by atoms with Crippen molar-refractivity contribution in [1.29, 1.82) is 0 Å². The van der Waals surface area contributed by atoms with Crippen molar-refractivity contribution in [2.75, 3.05) is 14.2 Å². The molecule has 72 valence electrons. The molecule has 1 aromatic rings. The van der Waals surface area contributed by atoms with E-state index in [-0.39, 0.29) is 0 Å². The molecule has 0 aliphatic carbocycles. The molecule has 0 unspecified atom stereocenters. The smallest absolute Gasteiger partial charge is 0.123 e. The zero-order chi connectivity index (χ0) is 9.84. The monoisotopic (exact) mass is 200 g/mol. The highest BCUT2D eigenvalue weighted by Crippen LogP contribution is 2.28. The molecule has 0 saturated heterocycles. The molecule has 1 aromatic carbocycles. The van der Waals surface area contributed by atoms with Crippen LogP contribution in [-0.4, -0.2) is 14.2 Å². The van der Waals surface area contributed by atoms with Crippen LogP contribution in [0.4, 0.5) is 0 Å². The van der Waals surface area contributed by atoms with E-state index in [1.165, 1.54) is 0 Å². The molecule has 0 heterocycles. The Morgan fingerprint density at radius 2 is 1.77 bits per heavy atom. The van der Waals surface area contributed by atoms with Gasteiger partial charge in [0.05, 0.1) is 20.1 Å². The summed E-state index contributed by atoms with van der Waals surface area (Å²) < 4.78 is 10.3. The van der Waals surface area contributed by atoms with Crippen LogP contribution in [0.25, 0.3) is 0 Å². The molecule has 0 aromatic heterocycles. The first-order valence-corrected chi connectivity index (χ1v) is 4.53. The number of hydrogen-bond acceptors (Lipinski definition) is 2. The predicted octanol–water partition coefficient (Wildman–Crippen LogP) is 2.75. The lowest BCUT2D eigenvalue weighted by Crippen LogP contribution is -1.94. The SMILES string of the molecule is COc1cc(CCl)c(OC)cc1C. The lowest BCUT2D eigenvalue weighted by Gasteiger charge is -2.10. The Hall–Kier alpha value is -0.890. The lowest BCUT2D eigenvalue weighted by molar-refractivity contribution is 0.397. The summed E-state index contributed by atoms with van der Waals surface area (Å²) in [6.45, 7) is 1.97. The van der Waals surface area contributed by atoms with Gasteiger partial charge in [-0.3, -0.25) is 0 Å². The van der Waals surface area contributed by atoms with E-state index in [0.29, 0.717) is 5.88 Å². The normalized spacial score (nSPS) is 9.85. The van der Waals surface area contributed by atoms with Gasteiger partial charge in [0.15, 0.2) is 0 Å². The van der Waals surface area contributed by atoms with Crippen LogP contribution >= 0.6 is 11.6 Å². The molecule has 0 atom stereocenters. The number of aryl methyl sites for hydroxylation is 1. The summed E-state index contributed by atoms with van der Waals surface area (Å²) >= 11 is 5.76. The molecule has 0 aliphatic heterocycles. The van der Waals surface area contributed by atoms with Crippen molar-refractivity contribution in [3.8, 4) is 11.5 Å². The zero-order valence-corrected chi connectivity index (χ0v) is 8.81. The van der Waals surface area contributed by atoms with E-state index in [9.17, 15) is 0 Å². The van der Waals surface area contributed by atoms with Crippen LogP contribution in [0.15, 0.2) is 12.1 Å². The van der Waals surface area contributed by atoms with E-state index in [2.05, 4.69) is 0 Å². The number of halogens is 1. The van der Waals surface area contributed by atoms with Crippen molar-refractivity contribution in [2.45, 2.75) is 12.8 Å². The van der Waals surface area contributed by atoms with Gasteiger partial charge in [0.2, 0.25) is 0 Å². The van der Waals surface area contributed by atoms with Crippen LogP contribution in [0.3, 0.4) is 0 Å². The minimum Gasteiger partial charge on any atom is -0.496 e. The Kier molecular flexibility index (Phi) is 3.43. The molecule has 0 N–H and O–H groups in total. The third-order valence-corrected chi connectivity index (χ3v) is 2.23. The van der Waals surface area contributed by atoms with E-state index in [1.807, 2.05) is 19.1 Å². The molecule has 0 bridgehead atoms. The highest BCUT2D eigenvalue weighted by atomic mass is 35.5. The quantitative estimate of drug-likeness (QED) is 0.699. The van der Waals surface area contributed by atoms with Gasteiger partial charge in [-0.2, -0.15) is 0 Å². The number of hydrogen-bond donors (Lipinski definition) is 0. The highest BCUT2D eigenvalue weighted by molar-refractivity contribution is 6.17. The molecule has 0 radical (unpaired) electrons. The van der Waals surface area contributed by atoms with Gasteiger partial charge in [0, 0.05) is 5.56 Å². The Balaban J connectivity index is 3.18. The van der Waals surface area contributed by atoms with Gasteiger partial charge in [-0.1, -0.05) is 0 Å². The van der Waals surface area contributed by atoms with Crippen LogP contribution in [0.1, 0.15) is 11.1 Å². The zero-order valence-electron chi connectivity index (χ0n) is 8.06. The molecule has 13 heavy (non-hydrogen) atoms. The van der Waals surface area contributed by atoms with Gasteiger partial charge in [-0.25, -0.2) is 0 Å². The van der Waals surface area contributed by atoms with Crippen molar-refractivity contribution < 1.29 is 9.47 Å². The largest absolute Gasteiger partial charge is 0.496 e. The fraction of sp³-hybridized carbons (Fsp3) is 0.400. The number of ether oxygens (including phenoxy) is 2. The molecule has 0 spiro atoms. The summed E-state index contributed by atoms with van der Waals surface area (Å²) in [5.41, 5.74) is 2.00. The predicted molar refractivity (Wildman–Crippen MR) is 53.8 cm³/mol. The van der Waals surface area contributed by atoms with Crippen LogP contribution in [0, 0.1) is 6.92 Å². The first kappa shape index (κ1) is 10.2. The van der Waals surface area contributed by atoms with Crippen molar-refractivity contribution in [3.05, 3.63) is 23.3 Å². The standard InChI is InChI=1S/C10H13ClO2/c1-7-4-10(13-3)8(6-11)5-9(7)12-2/h4-5H,6H2,1-3H3. The molecular formula is C10H13ClO2. The number of rotatable bonds is 3. The maximum Gasteiger partial charge on any atom is 0.123 e. The van der Waals surface area contributed by atoms with E-state index < -0.39 is 0 Å². The molecule has 2 nitrogen and oxygen atoms in total. The summed E-state index contributed by atoms with van der Waals surface area (Å²) in [7, 11) is 3.28. The average Bonchev–Trinajstić information content (AvgIpc) is 2.17. The topological polar surface area (TPSA) is 18.5 Å². The Labute approximate surface area is 83.4 Å². The van der Waals surface area contributed by atoms with E-state index >= 15 is 0 Å². The fourth-order valence-corrected chi connectivity index (χ4v) is 1.43. The van der Waals surface area contributed by atoms with E-state index in [1.54, 1.807) is 14.2 Å². The Morgan fingerprint density at radius 1 is 1.15 bits per heavy atom. The molecular weight excluding hydrogens is 188 g/mol. The molecule has 0 aliphatic rings. The van der Waals surface area contributed by atoms with Gasteiger partial charge in [-0.05, 0) is 24.6 Å². The maximum atomic E-state index is 5.76. The van der Waals surface area contributed by atoms with Crippen molar-refractivity contribution in [2.24, 2.45) is 0 Å². The van der Waals surface area contributed by atoms with Crippen molar-refractivity contribution >= 4 is 11.6 Å². The summed E-state index contributed by atoms with van der Waals surface area (Å²) in [5, 5.41) is 0. The number of benzene rings is 1. The molecule has 0 fully saturated rings. The highest BCUT2D eigenvalue weighted by Gasteiger charge is 2.06. The third-order valence-electron chi connectivity index (χ3n) is 1.94. The van der Waals surface area contributed by atoms with Crippen LogP contribution < -0.4 is 9.47 Å². The average molecular weight is 201 g/mol. The minimum absolute atomic E-state index is 0.430. The second kappa shape index (κ2) is 4.38. The number of methoxy groups -OCH3 is 2. The molecule has 0 amide bonds. The molecule has 1 rings (SSSR count). The summed E-state index contributed by atoms with van der Waals surface area (Å²) in [6.07, 6.45) is 0. The first-order valence-electron chi connectivity index (χ1n) is 4.00.